The molecular formula is C19H21N7OS. The molecule has 1 aromatic carbocycles. The summed E-state index contributed by atoms with van der Waals surface area (Å²) in [6, 6.07) is 9.32. The van der Waals surface area contributed by atoms with Crippen molar-refractivity contribution < 1.29 is 4.79 Å². The minimum atomic E-state index is -0.323. The molecule has 0 spiro atoms. The Balaban J connectivity index is 1.39. The molecule has 1 amide bonds. The summed E-state index contributed by atoms with van der Waals surface area (Å²) in [5, 5.41) is 9.39. The number of fused-ring (bicyclic) bond motifs is 1. The third-order valence-corrected chi connectivity index (χ3v) is 5.05. The maximum atomic E-state index is 12.4. The van der Waals surface area contributed by atoms with Crippen LogP contribution in [0.4, 0.5) is 0 Å². The highest BCUT2D eigenvalue weighted by molar-refractivity contribution is 7.15. The number of benzene rings is 1. The highest BCUT2D eigenvalue weighted by Crippen LogP contribution is 2.17. The summed E-state index contributed by atoms with van der Waals surface area (Å²) in [5.41, 5.74) is 7.87. The molecule has 8 nitrogen and oxygen atoms in total. The van der Waals surface area contributed by atoms with Gasteiger partial charge in [-0.3, -0.25) is 9.20 Å². The quantitative estimate of drug-likeness (QED) is 0.498. The van der Waals surface area contributed by atoms with Crippen LogP contribution in [0, 0.1) is 0 Å². The van der Waals surface area contributed by atoms with Crippen LogP contribution in [0.25, 0.3) is 16.3 Å². The van der Waals surface area contributed by atoms with Crippen LogP contribution in [-0.4, -0.2) is 36.6 Å². The van der Waals surface area contributed by atoms with Gasteiger partial charge in [0.05, 0.1) is 11.7 Å². The first-order valence-corrected chi connectivity index (χ1v) is 9.91. The number of hydrogen-bond acceptors (Lipinski definition) is 6. The fraction of sp³-hybridized carbons (Fsp3) is 0.263. The van der Waals surface area contributed by atoms with Gasteiger partial charge in [-0.05, 0) is 6.92 Å². The summed E-state index contributed by atoms with van der Waals surface area (Å²) < 4.78 is 3.56. The van der Waals surface area contributed by atoms with Crippen molar-refractivity contribution in [3.05, 3.63) is 59.6 Å². The third kappa shape index (κ3) is 3.95. The van der Waals surface area contributed by atoms with E-state index in [-0.39, 0.29) is 18.5 Å². The number of nitrogens with two attached hydrogens (primary N) is 1. The highest BCUT2D eigenvalue weighted by atomic mass is 32.1. The number of rotatable bonds is 7. The smallest absolute Gasteiger partial charge is 0.241 e. The van der Waals surface area contributed by atoms with E-state index in [9.17, 15) is 4.79 Å². The van der Waals surface area contributed by atoms with E-state index >= 15 is 0 Å². The van der Waals surface area contributed by atoms with E-state index in [0.29, 0.717) is 24.6 Å². The predicted molar refractivity (Wildman–Crippen MR) is 108 cm³/mol. The monoisotopic (exact) mass is 395 g/mol. The molecule has 0 aliphatic carbocycles. The maximum absolute atomic E-state index is 12.4. The molecule has 0 fully saturated rings. The van der Waals surface area contributed by atoms with Crippen LogP contribution in [0.15, 0.2) is 48.1 Å². The van der Waals surface area contributed by atoms with Gasteiger partial charge in [-0.15, -0.1) is 11.3 Å². The SMILES string of the molecule is C[C@H](N)c1nc(-c2ccccc2)nn1CC(=O)NCCc1cn2ccsc2n1. The maximum Gasteiger partial charge on any atom is 0.241 e. The first-order valence-electron chi connectivity index (χ1n) is 9.03. The van der Waals surface area contributed by atoms with Crippen molar-refractivity contribution >= 4 is 22.2 Å². The first-order chi connectivity index (χ1) is 13.6. The van der Waals surface area contributed by atoms with Gasteiger partial charge in [0, 0.05) is 36.3 Å². The second-order valence-corrected chi connectivity index (χ2v) is 7.40. The average Bonchev–Trinajstić information content (AvgIpc) is 3.37. The lowest BCUT2D eigenvalue weighted by Crippen LogP contribution is -2.31. The molecular weight excluding hydrogens is 374 g/mol. The molecule has 3 heterocycles. The lowest BCUT2D eigenvalue weighted by atomic mass is 10.2. The zero-order chi connectivity index (χ0) is 19.5. The van der Waals surface area contributed by atoms with E-state index in [4.69, 9.17) is 5.73 Å². The molecule has 4 rings (SSSR count). The lowest BCUT2D eigenvalue weighted by Gasteiger charge is -2.08. The minimum absolute atomic E-state index is 0.0784. The van der Waals surface area contributed by atoms with Crippen LogP contribution in [-0.2, 0) is 17.8 Å². The number of nitrogens with zero attached hydrogens (tertiary/aromatic N) is 5. The van der Waals surface area contributed by atoms with Gasteiger partial charge in [-0.2, -0.15) is 5.10 Å². The van der Waals surface area contributed by atoms with Crippen LogP contribution in [0.5, 0.6) is 0 Å². The molecule has 1 atom stereocenters. The van der Waals surface area contributed by atoms with Crippen molar-refractivity contribution in [3.63, 3.8) is 0 Å². The van der Waals surface area contributed by atoms with Crippen LogP contribution in [0.3, 0.4) is 0 Å². The van der Waals surface area contributed by atoms with Crippen LogP contribution in [0.1, 0.15) is 24.5 Å². The lowest BCUT2D eigenvalue weighted by molar-refractivity contribution is -0.121. The third-order valence-electron chi connectivity index (χ3n) is 4.28. The summed E-state index contributed by atoms with van der Waals surface area (Å²) in [6.07, 6.45) is 4.63. The van der Waals surface area contributed by atoms with Crippen LogP contribution >= 0.6 is 11.3 Å². The van der Waals surface area contributed by atoms with Crippen molar-refractivity contribution in [2.45, 2.75) is 25.9 Å². The number of carbonyl (C=O) groups excluding carboxylic acids is 1. The van der Waals surface area contributed by atoms with Gasteiger partial charge < -0.3 is 11.1 Å². The summed E-state index contributed by atoms with van der Waals surface area (Å²) in [7, 11) is 0. The fourth-order valence-electron chi connectivity index (χ4n) is 2.94. The number of aromatic nitrogens is 5. The molecule has 3 aromatic heterocycles. The molecule has 0 bridgehead atoms. The van der Waals surface area contributed by atoms with Crippen molar-refractivity contribution in [1.82, 2.24) is 29.5 Å². The number of thiazole rings is 1. The molecule has 0 aliphatic heterocycles. The number of hydrogen-bond donors (Lipinski definition) is 2. The first kappa shape index (κ1) is 18.3. The van der Waals surface area contributed by atoms with Gasteiger partial charge in [-0.1, -0.05) is 30.3 Å². The highest BCUT2D eigenvalue weighted by Gasteiger charge is 2.17. The molecule has 144 valence electrons. The topological polar surface area (TPSA) is 103 Å². The summed E-state index contributed by atoms with van der Waals surface area (Å²) in [4.78, 5) is 22.4. The largest absolute Gasteiger partial charge is 0.354 e. The molecule has 28 heavy (non-hydrogen) atoms. The molecule has 3 N–H and O–H groups in total. The second kappa shape index (κ2) is 7.91. The normalized spacial score (nSPS) is 12.4. The number of carbonyl (C=O) groups is 1. The van der Waals surface area contributed by atoms with Gasteiger partial charge in [-0.25, -0.2) is 14.6 Å². The molecule has 0 unspecified atom stereocenters. The Hall–Kier alpha value is -3.04. The van der Waals surface area contributed by atoms with Gasteiger partial charge in [0.1, 0.15) is 12.4 Å². The second-order valence-electron chi connectivity index (χ2n) is 6.53. The predicted octanol–water partition coefficient (Wildman–Crippen LogP) is 2.03. The van der Waals surface area contributed by atoms with Crippen LogP contribution < -0.4 is 11.1 Å². The standard InChI is InChI=1S/C19H21N7OS/c1-13(20)18-23-17(14-5-3-2-4-6-14)24-26(18)12-16(27)21-8-7-15-11-25-9-10-28-19(25)22-15/h2-6,9-11,13H,7-8,12,20H2,1H3,(H,21,27)/t13-/m0/s1. The van der Waals surface area contributed by atoms with Crippen molar-refractivity contribution in [3.8, 4) is 11.4 Å². The molecule has 0 radical (unpaired) electrons. The molecule has 0 aliphatic rings. The van der Waals surface area contributed by atoms with E-state index in [0.717, 1.165) is 16.2 Å². The van der Waals surface area contributed by atoms with E-state index < -0.39 is 0 Å². The van der Waals surface area contributed by atoms with Gasteiger partial charge >= 0.3 is 0 Å². The minimum Gasteiger partial charge on any atom is -0.354 e. The Morgan fingerprint density at radius 3 is 2.86 bits per heavy atom. The van der Waals surface area contributed by atoms with Crippen LogP contribution in [0.2, 0.25) is 0 Å². The Kier molecular flexibility index (Phi) is 5.18. The molecule has 0 saturated carbocycles. The Labute approximate surface area is 166 Å². The number of nitrogens with one attached hydrogen (secondary N) is 1. The summed E-state index contributed by atoms with van der Waals surface area (Å²) in [5.74, 6) is 1.02. The zero-order valence-electron chi connectivity index (χ0n) is 15.4. The van der Waals surface area contributed by atoms with E-state index in [2.05, 4.69) is 20.4 Å². The van der Waals surface area contributed by atoms with E-state index in [1.54, 1.807) is 16.0 Å². The molecule has 9 heteroatoms. The Bertz CT molecular complexity index is 1050. The Morgan fingerprint density at radius 2 is 2.11 bits per heavy atom. The van der Waals surface area contributed by atoms with Gasteiger partial charge in [0.25, 0.3) is 0 Å². The summed E-state index contributed by atoms with van der Waals surface area (Å²) in [6.45, 7) is 2.42. The summed E-state index contributed by atoms with van der Waals surface area (Å²) >= 11 is 1.59. The molecule has 4 aromatic rings. The molecule has 0 saturated heterocycles. The van der Waals surface area contributed by atoms with Crippen molar-refractivity contribution in [2.24, 2.45) is 5.73 Å². The number of imidazole rings is 1. The fourth-order valence-corrected chi connectivity index (χ4v) is 3.65. The van der Waals surface area contributed by atoms with Crippen molar-refractivity contribution in [1.29, 1.82) is 0 Å². The van der Waals surface area contributed by atoms with E-state index in [1.165, 1.54) is 0 Å². The zero-order valence-corrected chi connectivity index (χ0v) is 16.3. The Morgan fingerprint density at radius 1 is 1.29 bits per heavy atom. The van der Waals surface area contributed by atoms with Gasteiger partial charge in [0.2, 0.25) is 5.91 Å². The van der Waals surface area contributed by atoms with Gasteiger partial charge in [0.15, 0.2) is 10.8 Å². The van der Waals surface area contributed by atoms with E-state index in [1.807, 2.05) is 59.4 Å². The number of amides is 1. The van der Waals surface area contributed by atoms with Crippen molar-refractivity contribution in [2.75, 3.05) is 6.54 Å². The average molecular weight is 395 g/mol.